The van der Waals surface area contributed by atoms with Crippen molar-refractivity contribution in [3.8, 4) is 0 Å². The van der Waals surface area contributed by atoms with E-state index in [0.717, 1.165) is 36.2 Å². The number of piperidine rings is 1. The summed E-state index contributed by atoms with van der Waals surface area (Å²) in [6.45, 7) is 1.16. The van der Waals surface area contributed by atoms with Crippen LogP contribution < -0.4 is 5.73 Å². The highest BCUT2D eigenvalue weighted by molar-refractivity contribution is 8.00. The Morgan fingerprint density at radius 2 is 1.92 bits per heavy atom. The van der Waals surface area contributed by atoms with E-state index in [1.807, 2.05) is 30.3 Å². The van der Waals surface area contributed by atoms with Crippen LogP contribution in [0.4, 0.5) is 8.78 Å². The predicted molar refractivity (Wildman–Crippen MR) is 102 cm³/mol. The predicted octanol–water partition coefficient (Wildman–Crippen LogP) is 4.17. The first-order chi connectivity index (χ1) is 12.0. The van der Waals surface area contributed by atoms with Gasteiger partial charge < -0.3 is 10.6 Å². The van der Waals surface area contributed by atoms with Gasteiger partial charge in [0, 0.05) is 30.1 Å². The first kappa shape index (κ1) is 20.7. The number of carbonyl (C=O) groups excluding carboxylic acids is 1. The Bertz CT molecular complexity index is 748. The van der Waals surface area contributed by atoms with Gasteiger partial charge in [0.05, 0.1) is 0 Å². The molecule has 2 atom stereocenters. The van der Waals surface area contributed by atoms with Crippen LogP contribution in [0.3, 0.4) is 0 Å². The molecule has 2 aromatic carbocycles. The summed E-state index contributed by atoms with van der Waals surface area (Å²) in [6, 6.07) is 12.6. The normalized spacial score (nSPS) is 18.1. The van der Waals surface area contributed by atoms with E-state index >= 15 is 0 Å². The Labute approximate surface area is 162 Å². The standard InChI is InChI=1S/C19H20F2N2OS.ClH/c20-14-8-9-17(16(21)11-14)25-18(13-5-2-1-3-6-13)19(24)23-10-4-7-15(22)12-23;/h1-3,5-6,8-9,11,15,18H,4,7,10,12,22H2;1H. The minimum absolute atomic E-state index is 0. The number of likely N-dealkylation sites (tertiary alicyclic amines) is 1. The molecule has 0 bridgehead atoms. The van der Waals surface area contributed by atoms with E-state index in [-0.39, 0.29) is 29.3 Å². The van der Waals surface area contributed by atoms with Gasteiger partial charge in [-0.1, -0.05) is 30.3 Å². The monoisotopic (exact) mass is 398 g/mol. The average Bonchev–Trinajstić information content (AvgIpc) is 2.61. The molecule has 3 rings (SSSR count). The summed E-state index contributed by atoms with van der Waals surface area (Å²) in [4.78, 5) is 15.1. The van der Waals surface area contributed by atoms with Crippen molar-refractivity contribution in [1.29, 1.82) is 0 Å². The molecule has 0 spiro atoms. The molecule has 1 heterocycles. The van der Waals surface area contributed by atoms with E-state index in [2.05, 4.69) is 0 Å². The van der Waals surface area contributed by atoms with Gasteiger partial charge in [0.15, 0.2) is 0 Å². The second-order valence-corrected chi connectivity index (χ2v) is 7.32. The number of carbonyl (C=O) groups is 1. The Morgan fingerprint density at radius 1 is 1.19 bits per heavy atom. The zero-order valence-electron chi connectivity index (χ0n) is 14.1. The number of benzene rings is 2. The van der Waals surface area contributed by atoms with Gasteiger partial charge in [-0.15, -0.1) is 24.2 Å². The number of nitrogens with zero attached hydrogens (tertiary/aromatic N) is 1. The zero-order chi connectivity index (χ0) is 17.8. The molecule has 1 fully saturated rings. The number of thioether (sulfide) groups is 1. The summed E-state index contributed by atoms with van der Waals surface area (Å²) < 4.78 is 27.3. The van der Waals surface area contributed by atoms with Crippen LogP contribution in [0.15, 0.2) is 53.4 Å². The summed E-state index contributed by atoms with van der Waals surface area (Å²) in [5, 5.41) is -0.591. The minimum atomic E-state index is -0.658. The lowest BCUT2D eigenvalue weighted by Gasteiger charge is -2.33. The highest BCUT2D eigenvalue weighted by atomic mass is 35.5. The van der Waals surface area contributed by atoms with E-state index < -0.39 is 16.9 Å². The number of nitrogens with two attached hydrogens (primary N) is 1. The molecule has 0 saturated carbocycles. The zero-order valence-corrected chi connectivity index (χ0v) is 15.7. The highest BCUT2D eigenvalue weighted by Crippen LogP contribution is 2.38. The minimum Gasteiger partial charge on any atom is -0.340 e. The second-order valence-electron chi connectivity index (χ2n) is 6.17. The highest BCUT2D eigenvalue weighted by Gasteiger charge is 2.30. The molecule has 1 amide bonds. The molecule has 1 aliphatic heterocycles. The smallest absolute Gasteiger partial charge is 0.240 e. The molecule has 1 saturated heterocycles. The second kappa shape index (κ2) is 9.35. The molecule has 0 aromatic heterocycles. The lowest BCUT2D eigenvalue weighted by atomic mass is 10.0. The van der Waals surface area contributed by atoms with E-state index in [0.29, 0.717) is 13.1 Å². The van der Waals surface area contributed by atoms with E-state index in [1.165, 1.54) is 12.1 Å². The van der Waals surface area contributed by atoms with Crippen molar-refractivity contribution >= 4 is 30.1 Å². The van der Waals surface area contributed by atoms with Gasteiger partial charge >= 0.3 is 0 Å². The van der Waals surface area contributed by atoms with Crippen LogP contribution in [-0.4, -0.2) is 29.9 Å². The van der Waals surface area contributed by atoms with Gasteiger partial charge in [0.2, 0.25) is 5.91 Å². The maximum atomic E-state index is 14.1. The van der Waals surface area contributed by atoms with E-state index in [4.69, 9.17) is 5.73 Å². The van der Waals surface area contributed by atoms with E-state index in [1.54, 1.807) is 4.90 Å². The van der Waals surface area contributed by atoms with Crippen molar-refractivity contribution in [3.63, 3.8) is 0 Å². The third-order valence-corrected chi connectivity index (χ3v) is 5.53. The molecule has 1 aliphatic rings. The maximum Gasteiger partial charge on any atom is 0.240 e. The molecule has 140 valence electrons. The van der Waals surface area contributed by atoms with Crippen LogP contribution in [0.25, 0.3) is 0 Å². The molecule has 2 aromatic rings. The van der Waals surface area contributed by atoms with Gasteiger partial charge in [-0.3, -0.25) is 4.79 Å². The molecule has 0 aliphatic carbocycles. The van der Waals surface area contributed by atoms with Crippen LogP contribution in [-0.2, 0) is 4.79 Å². The van der Waals surface area contributed by atoms with Crippen LogP contribution in [0.1, 0.15) is 23.7 Å². The van der Waals surface area contributed by atoms with Crippen LogP contribution in [0.5, 0.6) is 0 Å². The fourth-order valence-electron chi connectivity index (χ4n) is 2.96. The number of halogens is 3. The van der Waals surface area contributed by atoms with Crippen LogP contribution in [0, 0.1) is 11.6 Å². The lowest BCUT2D eigenvalue weighted by Crippen LogP contribution is -2.47. The summed E-state index contributed by atoms with van der Waals surface area (Å²) in [7, 11) is 0. The molecule has 3 nitrogen and oxygen atoms in total. The van der Waals surface area contributed by atoms with Gasteiger partial charge in [0.1, 0.15) is 16.9 Å². The maximum absolute atomic E-state index is 14.1. The molecular weight excluding hydrogens is 378 g/mol. The number of hydrogen-bond acceptors (Lipinski definition) is 3. The third kappa shape index (κ3) is 4.96. The Hall–Kier alpha value is -1.63. The van der Waals surface area contributed by atoms with Crippen molar-refractivity contribution in [2.24, 2.45) is 5.73 Å². The average molecular weight is 399 g/mol. The van der Waals surface area contributed by atoms with Crippen molar-refractivity contribution in [2.75, 3.05) is 13.1 Å². The van der Waals surface area contributed by atoms with Crippen molar-refractivity contribution in [1.82, 2.24) is 4.90 Å². The molecule has 2 unspecified atom stereocenters. The van der Waals surface area contributed by atoms with E-state index in [9.17, 15) is 13.6 Å². The lowest BCUT2D eigenvalue weighted by molar-refractivity contribution is -0.131. The summed E-state index contributed by atoms with van der Waals surface area (Å²) in [5.74, 6) is -1.38. The first-order valence-electron chi connectivity index (χ1n) is 8.25. The summed E-state index contributed by atoms with van der Waals surface area (Å²) >= 11 is 1.11. The fraction of sp³-hybridized carbons (Fsp3) is 0.316. The van der Waals surface area contributed by atoms with Gasteiger partial charge in [0.25, 0.3) is 0 Å². The van der Waals surface area contributed by atoms with Crippen molar-refractivity contribution < 1.29 is 13.6 Å². The largest absolute Gasteiger partial charge is 0.340 e. The number of hydrogen-bond donors (Lipinski definition) is 1. The number of rotatable bonds is 4. The number of amides is 1. The summed E-state index contributed by atoms with van der Waals surface area (Å²) in [6.07, 6.45) is 1.77. The Kier molecular flexibility index (Phi) is 7.43. The topological polar surface area (TPSA) is 46.3 Å². The quantitative estimate of drug-likeness (QED) is 0.786. The first-order valence-corrected chi connectivity index (χ1v) is 9.13. The Balaban J connectivity index is 0.00000243. The SMILES string of the molecule is Cl.NC1CCCN(C(=O)C(Sc2ccc(F)cc2F)c2ccccc2)C1. The molecule has 2 N–H and O–H groups in total. The molecule has 7 heteroatoms. The third-order valence-electron chi connectivity index (χ3n) is 4.23. The van der Waals surface area contributed by atoms with Crippen LogP contribution in [0.2, 0.25) is 0 Å². The van der Waals surface area contributed by atoms with Crippen molar-refractivity contribution in [3.05, 3.63) is 65.7 Å². The fourth-order valence-corrected chi connectivity index (χ4v) is 4.08. The molecule has 26 heavy (non-hydrogen) atoms. The molecule has 0 radical (unpaired) electrons. The van der Waals surface area contributed by atoms with Crippen LogP contribution >= 0.6 is 24.2 Å². The Morgan fingerprint density at radius 3 is 2.58 bits per heavy atom. The van der Waals surface area contributed by atoms with Gasteiger partial charge in [-0.2, -0.15) is 0 Å². The molecular formula is C19H21ClF2N2OS. The summed E-state index contributed by atoms with van der Waals surface area (Å²) in [5.41, 5.74) is 6.78. The van der Waals surface area contributed by atoms with Crippen molar-refractivity contribution in [2.45, 2.75) is 29.0 Å². The van der Waals surface area contributed by atoms with Gasteiger partial charge in [-0.05, 0) is 30.5 Å². The van der Waals surface area contributed by atoms with Gasteiger partial charge in [-0.25, -0.2) is 8.78 Å².